The Hall–Kier alpha value is -2.53. The zero-order valence-corrected chi connectivity index (χ0v) is 13.7. The molecule has 1 aliphatic rings. The molecule has 1 fully saturated rings. The number of nitrogens with zero attached hydrogens (tertiary/aromatic N) is 3. The Balaban J connectivity index is 1.75. The lowest BCUT2D eigenvalue weighted by molar-refractivity contribution is 0.0492. The molecule has 1 saturated carbocycles. The van der Waals surface area contributed by atoms with Crippen LogP contribution in [-0.4, -0.2) is 28.4 Å². The maximum absolute atomic E-state index is 13.2. The highest BCUT2D eigenvalue weighted by atomic mass is 32.1. The molecule has 0 spiro atoms. The van der Waals surface area contributed by atoms with Crippen molar-refractivity contribution in [3.05, 3.63) is 40.9 Å². The molecule has 1 aromatic heterocycles. The SMILES string of the molecule is CN(C(=O)c1csc(Nc2cc(F)cc(F)c2)n1)C1(C#N)CCC1. The summed E-state index contributed by atoms with van der Waals surface area (Å²) in [5.74, 6) is -1.75. The topological polar surface area (TPSA) is 69.0 Å². The number of hydrogen-bond acceptors (Lipinski definition) is 5. The summed E-state index contributed by atoms with van der Waals surface area (Å²) in [4.78, 5) is 18.1. The number of amides is 1. The molecule has 0 saturated heterocycles. The summed E-state index contributed by atoms with van der Waals surface area (Å²) < 4.78 is 26.4. The first-order valence-corrected chi connectivity index (χ1v) is 8.19. The van der Waals surface area contributed by atoms with Crippen LogP contribution in [0.5, 0.6) is 0 Å². The second-order valence-corrected chi connectivity index (χ2v) is 6.54. The largest absolute Gasteiger partial charge is 0.331 e. The van der Waals surface area contributed by atoms with Gasteiger partial charge in [-0.25, -0.2) is 13.8 Å². The lowest BCUT2D eigenvalue weighted by Gasteiger charge is -2.42. The zero-order chi connectivity index (χ0) is 17.3. The van der Waals surface area contributed by atoms with E-state index in [0.29, 0.717) is 18.0 Å². The van der Waals surface area contributed by atoms with E-state index in [4.69, 9.17) is 0 Å². The van der Waals surface area contributed by atoms with Crippen LogP contribution in [0, 0.1) is 23.0 Å². The van der Waals surface area contributed by atoms with Crippen LogP contribution in [0.1, 0.15) is 29.8 Å². The van der Waals surface area contributed by atoms with Gasteiger partial charge >= 0.3 is 0 Å². The van der Waals surface area contributed by atoms with E-state index in [2.05, 4.69) is 16.4 Å². The lowest BCUT2D eigenvalue weighted by atomic mass is 9.76. The van der Waals surface area contributed by atoms with Crippen LogP contribution in [0.4, 0.5) is 19.6 Å². The molecule has 5 nitrogen and oxygen atoms in total. The van der Waals surface area contributed by atoms with Gasteiger partial charge in [-0.15, -0.1) is 11.3 Å². The van der Waals surface area contributed by atoms with Gasteiger partial charge in [0.2, 0.25) is 0 Å². The lowest BCUT2D eigenvalue weighted by Crippen LogP contribution is -2.53. The fourth-order valence-corrected chi connectivity index (χ4v) is 3.28. The molecule has 8 heteroatoms. The van der Waals surface area contributed by atoms with Crippen molar-refractivity contribution in [3.63, 3.8) is 0 Å². The van der Waals surface area contributed by atoms with Crippen molar-refractivity contribution >= 4 is 28.1 Å². The van der Waals surface area contributed by atoms with Crippen LogP contribution in [0.25, 0.3) is 0 Å². The third kappa shape index (κ3) is 2.95. The maximum atomic E-state index is 13.2. The standard InChI is InChI=1S/C16H14F2N4OS/c1-22(16(9-19)3-2-4-16)14(23)13-8-24-15(21-13)20-12-6-10(17)5-11(18)7-12/h5-8H,2-4H2,1H3,(H,20,21). The number of hydrogen-bond donors (Lipinski definition) is 1. The molecule has 124 valence electrons. The molecule has 0 aliphatic heterocycles. The molecule has 0 atom stereocenters. The Bertz CT molecular complexity index is 805. The van der Waals surface area contributed by atoms with Gasteiger partial charge in [0.1, 0.15) is 22.9 Å². The number of nitrogens with one attached hydrogen (secondary N) is 1. The van der Waals surface area contributed by atoms with Crippen molar-refractivity contribution in [1.82, 2.24) is 9.88 Å². The highest BCUT2D eigenvalue weighted by Gasteiger charge is 2.44. The molecule has 2 aromatic rings. The summed E-state index contributed by atoms with van der Waals surface area (Å²) >= 11 is 1.15. The molecule has 1 N–H and O–H groups in total. The Morgan fingerprint density at radius 1 is 1.38 bits per heavy atom. The van der Waals surface area contributed by atoms with Crippen LogP contribution >= 0.6 is 11.3 Å². The van der Waals surface area contributed by atoms with Gasteiger partial charge in [-0.3, -0.25) is 4.79 Å². The second kappa shape index (κ2) is 6.17. The third-order valence-corrected chi connectivity index (χ3v) is 4.93. The molecular formula is C16H14F2N4OS. The number of thiazole rings is 1. The highest BCUT2D eigenvalue weighted by molar-refractivity contribution is 7.14. The molecule has 1 heterocycles. The number of carbonyl (C=O) groups excluding carboxylic acids is 1. The monoisotopic (exact) mass is 348 g/mol. The van der Waals surface area contributed by atoms with Gasteiger partial charge in [0, 0.05) is 24.2 Å². The first-order chi connectivity index (χ1) is 11.4. The summed E-state index contributed by atoms with van der Waals surface area (Å²) in [6.45, 7) is 0. The van der Waals surface area contributed by atoms with Crippen LogP contribution in [0.15, 0.2) is 23.6 Å². The van der Waals surface area contributed by atoms with Crippen LogP contribution in [0.3, 0.4) is 0 Å². The Morgan fingerprint density at radius 3 is 2.58 bits per heavy atom. The Labute approximate surface area is 141 Å². The van der Waals surface area contributed by atoms with Crippen molar-refractivity contribution < 1.29 is 13.6 Å². The first kappa shape index (κ1) is 16.3. The van der Waals surface area contributed by atoms with Gasteiger partial charge in [0.25, 0.3) is 5.91 Å². The number of rotatable bonds is 4. The van der Waals surface area contributed by atoms with E-state index in [0.717, 1.165) is 36.0 Å². The van der Waals surface area contributed by atoms with E-state index in [-0.39, 0.29) is 17.3 Å². The first-order valence-electron chi connectivity index (χ1n) is 7.31. The molecule has 1 amide bonds. The van der Waals surface area contributed by atoms with Crippen LogP contribution in [-0.2, 0) is 0 Å². The average molecular weight is 348 g/mol. The highest BCUT2D eigenvalue weighted by Crippen LogP contribution is 2.37. The summed E-state index contributed by atoms with van der Waals surface area (Å²) in [5, 5.41) is 14.0. The Kier molecular flexibility index (Phi) is 4.20. The molecule has 0 radical (unpaired) electrons. The van der Waals surface area contributed by atoms with Crippen molar-refractivity contribution in [2.45, 2.75) is 24.8 Å². The Morgan fingerprint density at radius 2 is 2.04 bits per heavy atom. The fourth-order valence-electron chi connectivity index (χ4n) is 2.58. The smallest absolute Gasteiger partial charge is 0.274 e. The number of benzene rings is 1. The molecular weight excluding hydrogens is 334 g/mol. The molecule has 3 rings (SSSR count). The molecule has 0 unspecified atom stereocenters. The van der Waals surface area contributed by atoms with Crippen molar-refractivity contribution in [1.29, 1.82) is 5.26 Å². The van der Waals surface area contributed by atoms with E-state index in [1.165, 1.54) is 4.90 Å². The van der Waals surface area contributed by atoms with Crippen molar-refractivity contribution in [2.75, 3.05) is 12.4 Å². The normalized spacial score (nSPS) is 15.2. The molecule has 1 aromatic carbocycles. The van der Waals surface area contributed by atoms with E-state index in [1.54, 1.807) is 12.4 Å². The minimum Gasteiger partial charge on any atom is -0.331 e. The predicted octanol–water partition coefficient (Wildman–Crippen LogP) is 3.68. The van der Waals surface area contributed by atoms with Crippen molar-refractivity contribution in [3.8, 4) is 6.07 Å². The van der Waals surface area contributed by atoms with Crippen LogP contribution < -0.4 is 5.32 Å². The second-order valence-electron chi connectivity index (χ2n) is 5.68. The van der Waals surface area contributed by atoms with Crippen molar-refractivity contribution in [2.24, 2.45) is 0 Å². The van der Waals surface area contributed by atoms with Gasteiger partial charge in [0.05, 0.1) is 6.07 Å². The van der Waals surface area contributed by atoms with Gasteiger partial charge in [-0.2, -0.15) is 5.26 Å². The van der Waals surface area contributed by atoms with E-state index in [1.807, 2.05) is 0 Å². The van der Waals surface area contributed by atoms with E-state index >= 15 is 0 Å². The summed E-state index contributed by atoms with van der Waals surface area (Å²) in [5.41, 5.74) is -0.343. The summed E-state index contributed by atoms with van der Waals surface area (Å²) in [7, 11) is 1.60. The number of anilines is 2. The summed E-state index contributed by atoms with van der Waals surface area (Å²) in [6, 6.07) is 5.25. The number of aromatic nitrogens is 1. The molecule has 1 aliphatic carbocycles. The number of nitriles is 1. The maximum Gasteiger partial charge on any atom is 0.274 e. The van der Waals surface area contributed by atoms with Gasteiger partial charge in [-0.05, 0) is 31.4 Å². The number of halogens is 2. The predicted molar refractivity (Wildman–Crippen MR) is 86.0 cm³/mol. The third-order valence-electron chi connectivity index (χ3n) is 4.17. The van der Waals surface area contributed by atoms with E-state index in [9.17, 15) is 18.8 Å². The van der Waals surface area contributed by atoms with E-state index < -0.39 is 17.2 Å². The van der Waals surface area contributed by atoms with Gasteiger partial charge in [0.15, 0.2) is 5.13 Å². The number of carbonyl (C=O) groups is 1. The average Bonchev–Trinajstić information content (AvgIpc) is 2.93. The van der Waals surface area contributed by atoms with Crippen LogP contribution in [0.2, 0.25) is 0 Å². The molecule has 0 bridgehead atoms. The minimum absolute atomic E-state index is 0.198. The van der Waals surface area contributed by atoms with Gasteiger partial charge in [-0.1, -0.05) is 0 Å². The minimum atomic E-state index is -0.750. The fraction of sp³-hybridized carbons (Fsp3) is 0.312. The zero-order valence-electron chi connectivity index (χ0n) is 12.8. The summed E-state index contributed by atoms with van der Waals surface area (Å²) in [6.07, 6.45) is 2.23. The molecule has 24 heavy (non-hydrogen) atoms. The quantitative estimate of drug-likeness (QED) is 0.915. The van der Waals surface area contributed by atoms with Gasteiger partial charge < -0.3 is 10.2 Å².